The molecule has 1 aromatic rings. The molecule has 1 N–H and O–H groups in total. The number of anilines is 1. The van der Waals surface area contributed by atoms with Gasteiger partial charge in [0.05, 0.1) is 17.8 Å². The molecule has 5 aliphatic rings. The van der Waals surface area contributed by atoms with Gasteiger partial charge < -0.3 is 19.8 Å². The molecule has 0 spiro atoms. The maximum Gasteiger partial charge on any atom is 0.226 e. The molecule has 6 rings (SSSR count). The van der Waals surface area contributed by atoms with Gasteiger partial charge in [-0.15, -0.1) is 0 Å². The van der Waals surface area contributed by atoms with Crippen molar-refractivity contribution in [3.05, 3.63) is 17.5 Å². The third-order valence-electron chi connectivity index (χ3n) is 6.69. The van der Waals surface area contributed by atoms with E-state index in [1.165, 1.54) is 5.69 Å². The number of hydrogen-bond donors (Lipinski definition) is 1. The van der Waals surface area contributed by atoms with Crippen molar-refractivity contribution in [1.29, 1.82) is 0 Å². The fraction of sp³-hybridized carbons (Fsp3) is 0.737. The normalized spacial score (nSPS) is 33.8. The molecular weight excluding hydrogens is 330 g/mol. The van der Waals surface area contributed by atoms with Crippen LogP contribution in [0.25, 0.3) is 0 Å². The first-order valence-electron chi connectivity index (χ1n) is 9.89. The largest absolute Gasteiger partial charge is 0.393 e. The van der Waals surface area contributed by atoms with Crippen LogP contribution in [0.15, 0.2) is 6.20 Å². The Morgan fingerprint density at radius 3 is 2.69 bits per heavy atom. The van der Waals surface area contributed by atoms with Gasteiger partial charge in [0, 0.05) is 56.3 Å². The SMILES string of the molecule is CN1CCN(c2ncc3c(n2)C2CCC3N(C(=O)C3CC(O)C3)C2)CC1. The number of aliphatic hydroxyl groups is 1. The monoisotopic (exact) mass is 357 g/mol. The van der Waals surface area contributed by atoms with E-state index in [-0.39, 0.29) is 24.0 Å². The van der Waals surface area contributed by atoms with E-state index in [0.717, 1.165) is 57.1 Å². The predicted octanol–water partition coefficient (Wildman–Crippen LogP) is 0.760. The van der Waals surface area contributed by atoms with Gasteiger partial charge in [-0.05, 0) is 32.7 Å². The van der Waals surface area contributed by atoms with E-state index >= 15 is 0 Å². The van der Waals surface area contributed by atoms with Gasteiger partial charge in [0.2, 0.25) is 11.9 Å². The fourth-order valence-corrected chi connectivity index (χ4v) is 4.92. The smallest absolute Gasteiger partial charge is 0.226 e. The molecule has 2 atom stereocenters. The van der Waals surface area contributed by atoms with Gasteiger partial charge >= 0.3 is 0 Å². The molecule has 3 aliphatic heterocycles. The van der Waals surface area contributed by atoms with E-state index in [9.17, 15) is 9.90 Å². The lowest BCUT2D eigenvalue weighted by Gasteiger charge is -2.48. The summed E-state index contributed by atoms with van der Waals surface area (Å²) < 4.78 is 0. The highest BCUT2D eigenvalue weighted by Crippen LogP contribution is 2.47. The summed E-state index contributed by atoms with van der Waals surface area (Å²) in [6.07, 6.45) is 5.05. The number of likely N-dealkylation sites (N-methyl/N-ethyl adjacent to an activating group) is 1. The van der Waals surface area contributed by atoms with Crippen LogP contribution in [0.5, 0.6) is 0 Å². The molecule has 1 amide bonds. The van der Waals surface area contributed by atoms with E-state index in [1.807, 2.05) is 11.1 Å². The Balaban J connectivity index is 1.37. The average Bonchev–Trinajstić information content (AvgIpc) is 2.65. The zero-order chi connectivity index (χ0) is 17.8. The minimum atomic E-state index is -0.285. The lowest BCUT2D eigenvalue weighted by molar-refractivity contribution is -0.147. The van der Waals surface area contributed by atoms with E-state index in [4.69, 9.17) is 4.98 Å². The second kappa shape index (κ2) is 6.16. The van der Waals surface area contributed by atoms with Gasteiger partial charge in [0.15, 0.2) is 0 Å². The molecule has 4 heterocycles. The highest BCUT2D eigenvalue weighted by Gasteiger charge is 2.45. The molecule has 2 saturated heterocycles. The van der Waals surface area contributed by atoms with E-state index in [2.05, 4.69) is 21.8 Å². The highest BCUT2D eigenvalue weighted by atomic mass is 16.3. The molecule has 7 heteroatoms. The summed E-state index contributed by atoms with van der Waals surface area (Å²) in [5.41, 5.74) is 2.32. The number of carbonyl (C=O) groups is 1. The van der Waals surface area contributed by atoms with Crippen LogP contribution in [-0.4, -0.2) is 76.7 Å². The van der Waals surface area contributed by atoms with Crippen LogP contribution in [-0.2, 0) is 4.79 Å². The molecule has 1 aromatic heterocycles. The summed E-state index contributed by atoms with van der Waals surface area (Å²) >= 11 is 0. The molecule has 3 fully saturated rings. The first kappa shape index (κ1) is 16.4. The van der Waals surface area contributed by atoms with Gasteiger partial charge in [-0.3, -0.25) is 4.79 Å². The Bertz CT molecular complexity index is 712. The minimum Gasteiger partial charge on any atom is -0.393 e. The highest BCUT2D eigenvalue weighted by molar-refractivity contribution is 5.81. The van der Waals surface area contributed by atoms with Gasteiger partial charge in [-0.1, -0.05) is 0 Å². The first-order valence-corrected chi connectivity index (χ1v) is 9.89. The predicted molar refractivity (Wildman–Crippen MR) is 96.9 cm³/mol. The molecule has 2 aliphatic carbocycles. The Morgan fingerprint density at radius 2 is 1.96 bits per heavy atom. The number of nitrogens with zero attached hydrogens (tertiary/aromatic N) is 5. The van der Waals surface area contributed by atoms with Crippen molar-refractivity contribution in [1.82, 2.24) is 19.8 Å². The van der Waals surface area contributed by atoms with Crippen molar-refractivity contribution in [3.63, 3.8) is 0 Å². The average molecular weight is 357 g/mol. The van der Waals surface area contributed by atoms with Crippen LogP contribution in [0.4, 0.5) is 5.95 Å². The van der Waals surface area contributed by atoms with Gasteiger partial charge in [0.25, 0.3) is 0 Å². The number of aromatic nitrogens is 2. The Morgan fingerprint density at radius 1 is 1.19 bits per heavy atom. The Kier molecular flexibility index (Phi) is 3.90. The second-order valence-electron chi connectivity index (χ2n) is 8.40. The summed E-state index contributed by atoms with van der Waals surface area (Å²) in [6.45, 7) is 4.81. The summed E-state index contributed by atoms with van der Waals surface area (Å²) in [5, 5.41) is 9.53. The van der Waals surface area contributed by atoms with Gasteiger partial charge in [0.1, 0.15) is 0 Å². The van der Waals surface area contributed by atoms with Crippen molar-refractivity contribution < 1.29 is 9.90 Å². The zero-order valence-corrected chi connectivity index (χ0v) is 15.3. The summed E-state index contributed by atoms with van der Waals surface area (Å²) in [6, 6.07) is 0.127. The summed E-state index contributed by atoms with van der Waals surface area (Å²) in [7, 11) is 2.15. The Hall–Kier alpha value is -1.73. The molecule has 1 saturated carbocycles. The summed E-state index contributed by atoms with van der Waals surface area (Å²) in [5.74, 6) is 1.42. The van der Waals surface area contributed by atoms with E-state index in [0.29, 0.717) is 18.8 Å². The first-order chi connectivity index (χ1) is 12.6. The number of fused-ring (bicyclic) bond motifs is 2. The topological polar surface area (TPSA) is 72.8 Å². The zero-order valence-electron chi connectivity index (χ0n) is 15.3. The fourth-order valence-electron chi connectivity index (χ4n) is 4.92. The molecule has 0 aromatic carbocycles. The third kappa shape index (κ3) is 2.60. The van der Waals surface area contributed by atoms with E-state index < -0.39 is 0 Å². The minimum absolute atomic E-state index is 0.0123. The molecular formula is C19H27N5O2. The van der Waals surface area contributed by atoms with Crippen LogP contribution in [0.3, 0.4) is 0 Å². The van der Waals surface area contributed by atoms with Crippen LogP contribution in [0.2, 0.25) is 0 Å². The van der Waals surface area contributed by atoms with Gasteiger partial charge in [-0.25, -0.2) is 9.97 Å². The van der Waals surface area contributed by atoms with Crippen molar-refractivity contribution in [3.8, 4) is 0 Å². The van der Waals surface area contributed by atoms with Crippen LogP contribution in [0, 0.1) is 5.92 Å². The number of hydrogen-bond acceptors (Lipinski definition) is 6. The molecule has 26 heavy (non-hydrogen) atoms. The van der Waals surface area contributed by atoms with Crippen molar-refractivity contribution in [2.24, 2.45) is 5.92 Å². The number of piperidine rings is 1. The maximum atomic E-state index is 12.8. The standard InChI is InChI=1S/C19H27N5O2/c1-22-4-6-23(7-5-22)19-20-10-15-16-3-2-12(17(15)21-19)11-24(16)18(26)13-8-14(25)9-13/h10,12-14,16,25H,2-9,11H2,1H3. The van der Waals surface area contributed by atoms with Crippen molar-refractivity contribution >= 4 is 11.9 Å². The van der Waals surface area contributed by atoms with Crippen molar-refractivity contribution in [2.45, 2.75) is 43.7 Å². The number of carbonyl (C=O) groups excluding carboxylic acids is 1. The number of amides is 1. The quantitative estimate of drug-likeness (QED) is 0.843. The Labute approximate surface area is 154 Å². The molecule has 140 valence electrons. The molecule has 0 radical (unpaired) electrons. The lowest BCUT2D eigenvalue weighted by atomic mass is 9.75. The van der Waals surface area contributed by atoms with E-state index in [1.54, 1.807) is 0 Å². The number of piperazine rings is 1. The van der Waals surface area contributed by atoms with Crippen LogP contribution < -0.4 is 4.90 Å². The molecule has 2 bridgehead atoms. The maximum absolute atomic E-state index is 12.8. The second-order valence-corrected chi connectivity index (χ2v) is 8.40. The van der Waals surface area contributed by atoms with Crippen LogP contribution in [0.1, 0.15) is 48.9 Å². The molecule has 7 nitrogen and oxygen atoms in total. The van der Waals surface area contributed by atoms with Crippen LogP contribution >= 0.6 is 0 Å². The summed E-state index contributed by atoms with van der Waals surface area (Å²) in [4.78, 5) is 29.1. The molecule has 2 unspecified atom stereocenters. The number of aliphatic hydroxyl groups excluding tert-OH is 1. The third-order valence-corrected chi connectivity index (χ3v) is 6.69. The van der Waals surface area contributed by atoms with Crippen molar-refractivity contribution in [2.75, 3.05) is 44.7 Å². The lowest BCUT2D eigenvalue weighted by Crippen LogP contribution is -2.51. The number of rotatable bonds is 2. The van der Waals surface area contributed by atoms with Gasteiger partial charge in [-0.2, -0.15) is 0 Å².